The molecule has 8 heteroatoms. The summed E-state index contributed by atoms with van der Waals surface area (Å²) in [5.74, 6) is -1.18. The molecule has 1 aliphatic rings. The maximum absolute atomic E-state index is 14.3. The van der Waals surface area contributed by atoms with Crippen molar-refractivity contribution in [3.8, 4) is 5.75 Å². The zero-order valence-electron chi connectivity index (χ0n) is 16.8. The summed E-state index contributed by atoms with van der Waals surface area (Å²) >= 11 is 0. The molecule has 0 aliphatic heterocycles. The fourth-order valence-corrected chi connectivity index (χ4v) is 3.82. The lowest BCUT2D eigenvalue weighted by atomic mass is 9.90. The molecule has 3 aromatic rings. The average molecular weight is 427 g/mol. The Balaban J connectivity index is 1.34. The van der Waals surface area contributed by atoms with Crippen LogP contribution in [-0.2, 0) is 11.3 Å². The Bertz CT molecular complexity index is 1130. The second-order valence-corrected chi connectivity index (χ2v) is 7.55. The van der Waals surface area contributed by atoms with Gasteiger partial charge in [0.05, 0.1) is 0 Å². The minimum atomic E-state index is -0.714. The molecule has 0 fully saturated rings. The number of aromatic amines is 1. The smallest absolute Gasteiger partial charge is 0.281 e. The van der Waals surface area contributed by atoms with Gasteiger partial charge < -0.3 is 15.0 Å². The zero-order chi connectivity index (χ0) is 21.8. The number of allylic oxidation sites excluding steroid dienone is 1. The van der Waals surface area contributed by atoms with Crippen LogP contribution < -0.4 is 15.5 Å². The summed E-state index contributed by atoms with van der Waals surface area (Å²) < 4.78 is 33.1. The number of rotatable bonds is 7. The molecule has 0 radical (unpaired) electrons. The average Bonchev–Trinajstić information content (AvgIpc) is 3.20. The molecular weight excluding hydrogens is 404 g/mol. The second kappa shape index (κ2) is 9.28. The SMILES string of the molecule is O=C(COc1ccc(CNC2CC=C(c3c[nH]c4ccc(F)cc34)CC2)c(F)c1)NO. The summed E-state index contributed by atoms with van der Waals surface area (Å²) in [6, 6.07) is 9.37. The van der Waals surface area contributed by atoms with E-state index in [1.807, 2.05) is 6.20 Å². The first-order valence-electron chi connectivity index (χ1n) is 10.1. The topological polar surface area (TPSA) is 86.4 Å². The van der Waals surface area contributed by atoms with Gasteiger partial charge in [-0.2, -0.15) is 0 Å². The number of hydrogen-bond donors (Lipinski definition) is 4. The molecule has 6 nitrogen and oxygen atoms in total. The van der Waals surface area contributed by atoms with Crippen LogP contribution in [0.15, 0.2) is 48.7 Å². The molecule has 0 spiro atoms. The van der Waals surface area contributed by atoms with Gasteiger partial charge in [-0.1, -0.05) is 12.1 Å². The third-order valence-corrected chi connectivity index (χ3v) is 5.50. The molecular formula is C23H23F2N3O3. The molecule has 1 heterocycles. The van der Waals surface area contributed by atoms with E-state index in [2.05, 4.69) is 16.4 Å². The highest BCUT2D eigenvalue weighted by molar-refractivity contribution is 5.92. The Labute approximate surface area is 177 Å². The summed E-state index contributed by atoms with van der Waals surface area (Å²) in [4.78, 5) is 14.2. The van der Waals surface area contributed by atoms with Gasteiger partial charge in [0.25, 0.3) is 5.91 Å². The Hall–Kier alpha value is -3.23. The van der Waals surface area contributed by atoms with Crippen molar-refractivity contribution in [2.45, 2.75) is 31.8 Å². The predicted octanol–water partition coefficient (Wildman–Crippen LogP) is 4.06. The number of halogens is 2. The minimum absolute atomic E-state index is 0.213. The van der Waals surface area contributed by atoms with Crippen LogP contribution >= 0.6 is 0 Å². The summed E-state index contributed by atoms with van der Waals surface area (Å²) in [6.45, 7) is -0.0251. The number of fused-ring (bicyclic) bond motifs is 1. The van der Waals surface area contributed by atoms with Gasteiger partial charge in [0, 0.05) is 46.9 Å². The Morgan fingerprint density at radius 2 is 2.10 bits per heavy atom. The molecule has 1 amide bonds. The Kier molecular flexibility index (Phi) is 6.29. The molecule has 0 bridgehead atoms. The number of hydroxylamine groups is 1. The van der Waals surface area contributed by atoms with Crippen LogP contribution in [0.2, 0.25) is 0 Å². The van der Waals surface area contributed by atoms with Crippen molar-refractivity contribution >= 4 is 22.4 Å². The molecule has 1 atom stereocenters. The van der Waals surface area contributed by atoms with Gasteiger partial charge in [-0.25, -0.2) is 14.3 Å². The lowest BCUT2D eigenvalue weighted by Crippen LogP contribution is -2.30. The number of carbonyl (C=O) groups excluding carboxylic acids is 1. The van der Waals surface area contributed by atoms with Gasteiger partial charge in [0.15, 0.2) is 6.61 Å². The highest BCUT2D eigenvalue weighted by atomic mass is 19.1. The number of aromatic nitrogens is 1. The first-order valence-corrected chi connectivity index (χ1v) is 10.1. The number of H-pyrrole nitrogens is 1. The minimum Gasteiger partial charge on any atom is -0.484 e. The van der Waals surface area contributed by atoms with Gasteiger partial charge >= 0.3 is 0 Å². The van der Waals surface area contributed by atoms with Crippen LogP contribution in [0.1, 0.15) is 30.4 Å². The largest absolute Gasteiger partial charge is 0.484 e. The van der Waals surface area contributed by atoms with Crippen LogP contribution in [0, 0.1) is 11.6 Å². The third kappa shape index (κ3) is 4.92. The number of nitrogens with one attached hydrogen (secondary N) is 3. The van der Waals surface area contributed by atoms with Crippen LogP contribution in [0.4, 0.5) is 8.78 Å². The zero-order valence-corrected chi connectivity index (χ0v) is 16.8. The molecule has 4 N–H and O–H groups in total. The van der Waals surface area contributed by atoms with E-state index in [1.165, 1.54) is 23.2 Å². The maximum Gasteiger partial charge on any atom is 0.281 e. The fraction of sp³-hybridized carbons (Fsp3) is 0.261. The van der Waals surface area contributed by atoms with Crippen molar-refractivity contribution in [3.63, 3.8) is 0 Å². The predicted molar refractivity (Wildman–Crippen MR) is 113 cm³/mol. The van der Waals surface area contributed by atoms with E-state index >= 15 is 0 Å². The number of amides is 1. The van der Waals surface area contributed by atoms with Crippen molar-refractivity contribution in [3.05, 3.63) is 71.4 Å². The van der Waals surface area contributed by atoms with Crippen molar-refractivity contribution in [2.24, 2.45) is 0 Å². The molecule has 1 unspecified atom stereocenters. The molecule has 0 saturated carbocycles. The Morgan fingerprint density at radius 3 is 2.84 bits per heavy atom. The third-order valence-electron chi connectivity index (χ3n) is 5.50. The molecule has 0 saturated heterocycles. The van der Waals surface area contributed by atoms with Crippen molar-refractivity contribution in [2.75, 3.05) is 6.61 Å². The number of ether oxygens (including phenoxy) is 1. The van der Waals surface area contributed by atoms with Crippen LogP contribution in [0.5, 0.6) is 5.75 Å². The van der Waals surface area contributed by atoms with Crippen molar-refractivity contribution < 1.29 is 23.5 Å². The van der Waals surface area contributed by atoms with Crippen molar-refractivity contribution in [1.82, 2.24) is 15.8 Å². The van der Waals surface area contributed by atoms with Gasteiger partial charge in [-0.05, 0) is 49.1 Å². The monoisotopic (exact) mass is 427 g/mol. The van der Waals surface area contributed by atoms with E-state index in [0.29, 0.717) is 12.1 Å². The quantitative estimate of drug-likeness (QED) is 0.338. The maximum atomic E-state index is 14.3. The molecule has 1 aliphatic carbocycles. The van der Waals surface area contributed by atoms with Crippen LogP contribution in [0.3, 0.4) is 0 Å². The highest BCUT2D eigenvalue weighted by Gasteiger charge is 2.18. The summed E-state index contributed by atoms with van der Waals surface area (Å²) in [5, 5.41) is 12.7. The fourth-order valence-electron chi connectivity index (χ4n) is 3.82. The lowest BCUT2D eigenvalue weighted by molar-refractivity contribution is -0.131. The lowest BCUT2D eigenvalue weighted by Gasteiger charge is -2.23. The molecule has 1 aromatic heterocycles. The van der Waals surface area contributed by atoms with E-state index in [0.717, 1.165) is 35.7 Å². The number of carbonyl (C=O) groups is 1. The van der Waals surface area contributed by atoms with Gasteiger partial charge in [-0.3, -0.25) is 10.0 Å². The van der Waals surface area contributed by atoms with E-state index in [1.54, 1.807) is 24.3 Å². The van der Waals surface area contributed by atoms with Crippen LogP contribution in [0.25, 0.3) is 16.5 Å². The van der Waals surface area contributed by atoms with E-state index < -0.39 is 18.3 Å². The second-order valence-electron chi connectivity index (χ2n) is 7.55. The Morgan fingerprint density at radius 1 is 1.23 bits per heavy atom. The molecule has 4 rings (SSSR count). The first-order chi connectivity index (χ1) is 15.0. The van der Waals surface area contributed by atoms with E-state index in [9.17, 15) is 13.6 Å². The highest BCUT2D eigenvalue weighted by Crippen LogP contribution is 2.32. The standard InChI is InChI=1S/C23H23F2N3O3/c24-16-4-8-22-19(9-16)20(12-27-22)14-1-5-17(6-2-14)26-11-15-3-7-18(10-21(15)25)31-13-23(29)28-30/h1,3-4,7-10,12,17,26-27,30H,2,5-6,11,13H2,(H,28,29). The van der Waals surface area contributed by atoms with Gasteiger partial charge in [0.1, 0.15) is 17.4 Å². The van der Waals surface area contributed by atoms with E-state index in [-0.39, 0.29) is 17.6 Å². The summed E-state index contributed by atoms with van der Waals surface area (Å²) in [5.41, 5.74) is 5.09. The summed E-state index contributed by atoms with van der Waals surface area (Å²) in [7, 11) is 0. The van der Waals surface area contributed by atoms with Gasteiger partial charge in [0.2, 0.25) is 0 Å². The van der Waals surface area contributed by atoms with Crippen molar-refractivity contribution in [1.29, 1.82) is 0 Å². The molecule has 31 heavy (non-hydrogen) atoms. The van der Waals surface area contributed by atoms with Gasteiger partial charge in [-0.15, -0.1) is 0 Å². The molecule has 162 valence electrons. The normalized spacial score (nSPS) is 16.2. The van der Waals surface area contributed by atoms with E-state index in [4.69, 9.17) is 9.94 Å². The molecule has 2 aromatic carbocycles. The van der Waals surface area contributed by atoms with Crippen LogP contribution in [-0.4, -0.2) is 28.7 Å². The number of hydrogen-bond acceptors (Lipinski definition) is 4. The summed E-state index contributed by atoms with van der Waals surface area (Å²) in [6.07, 6.45) is 6.63. The first kappa shape index (κ1) is 21.0. The number of benzene rings is 2.